The zero-order valence-electron chi connectivity index (χ0n) is 10.1. The number of thiophene rings is 1. The van der Waals surface area contributed by atoms with Crippen molar-refractivity contribution in [3.05, 3.63) is 56.7 Å². The van der Waals surface area contributed by atoms with Crippen LogP contribution in [0, 0.1) is 0 Å². The molecule has 1 nitrogen and oxygen atoms in total. The Morgan fingerprint density at radius 3 is 2.61 bits per heavy atom. The summed E-state index contributed by atoms with van der Waals surface area (Å²) >= 11 is 7.84. The molecule has 2 N–H and O–H groups in total. The summed E-state index contributed by atoms with van der Waals surface area (Å²) < 4.78 is 0. The van der Waals surface area contributed by atoms with E-state index in [-0.39, 0.29) is 6.04 Å². The smallest absolute Gasteiger partial charge is 0.0663 e. The van der Waals surface area contributed by atoms with E-state index in [1.54, 1.807) is 11.3 Å². The van der Waals surface area contributed by atoms with Crippen molar-refractivity contribution in [1.82, 2.24) is 0 Å². The molecule has 1 heterocycles. The summed E-state index contributed by atoms with van der Waals surface area (Å²) in [4.78, 5) is 1.07. The predicted molar refractivity (Wildman–Crippen MR) is 78.4 cm³/mol. The van der Waals surface area contributed by atoms with E-state index in [9.17, 15) is 0 Å². The monoisotopic (exact) mass is 277 g/mol. The van der Waals surface area contributed by atoms with Crippen LogP contribution < -0.4 is 5.73 Å². The van der Waals surface area contributed by atoms with Crippen LogP contribution in [-0.2, 0) is 0 Å². The van der Waals surface area contributed by atoms with Crippen LogP contribution in [0.15, 0.2) is 35.7 Å². The van der Waals surface area contributed by atoms with Gasteiger partial charge in [-0.05, 0) is 41.3 Å². The van der Waals surface area contributed by atoms with Crippen LogP contribution in [0.4, 0.5) is 0 Å². The highest BCUT2D eigenvalue weighted by atomic mass is 35.5. The molecule has 1 saturated carbocycles. The molecule has 1 unspecified atom stereocenters. The van der Waals surface area contributed by atoms with Crippen molar-refractivity contribution >= 4 is 22.9 Å². The number of benzene rings is 1. The van der Waals surface area contributed by atoms with Gasteiger partial charge < -0.3 is 5.73 Å². The summed E-state index contributed by atoms with van der Waals surface area (Å²) in [6.07, 6.45) is 3.93. The maximum absolute atomic E-state index is 6.40. The second kappa shape index (κ2) is 5.04. The molecule has 0 bridgehead atoms. The molecule has 0 saturated heterocycles. The topological polar surface area (TPSA) is 26.0 Å². The number of nitrogens with two attached hydrogens (primary N) is 1. The lowest BCUT2D eigenvalue weighted by Gasteiger charge is -2.29. The summed E-state index contributed by atoms with van der Waals surface area (Å²) in [6, 6.07) is 10.4. The van der Waals surface area contributed by atoms with Gasteiger partial charge >= 0.3 is 0 Å². The van der Waals surface area contributed by atoms with Crippen LogP contribution >= 0.6 is 22.9 Å². The highest BCUT2D eigenvalue weighted by molar-refractivity contribution is 7.10. The van der Waals surface area contributed by atoms with Gasteiger partial charge in [-0.3, -0.25) is 0 Å². The zero-order valence-corrected chi connectivity index (χ0v) is 11.7. The van der Waals surface area contributed by atoms with E-state index in [1.807, 2.05) is 11.4 Å². The van der Waals surface area contributed by atoms with Crippen LogP contribution in [-0.4, -0.2) is 0 Å². The van der Waals surface area contributed by atoms with Gasteiger partial charge in [0.05, 0.1) is 11.1 Å². The molecule has 1 aliphatic carbocycles. The van der Waals surface area contributed by atoms with Gasteiger partial charge in [0, 0.05) is 4.88 Å². The SMILES string of the molecule is NC(c1ccccc1C1CCC1)c1sccc1Cl. The summed E-state index contributed by atoms with van der Waals surface area (Å²) in [5, 5.41) is 2.79. The molecule has 0 aliphatic heterocycles. The largest absolute Gasteiger partial charge is 0.320 e. The molecule has 1 aromatic heterocycles. The lowest BCUT2D eigenvalue weighted by molar-refractivity contribution is 0.416. The maximum Gasteiger partial charge on any atom is 0.0663 e. The molecule has 0 spiro atoms. The van der Waals surface area contributed by atoms with Gasteiger partial charge in [0.2, 0.25) is 0 Å². The Balaban J connectivity index is 1.98. The Bertz CT molecular complexity index is 545. The van der Waals surface area contributed by atoms with E-state index in [2.05, 4.69) is 24.3 Å². The van der Waals surface area contributed by atoms with Crippen molar-refractivity contribution in [2.24, 2.45) is 5.73 Å². The van der Waals surface area contributed by atoms with Crippen LogP contribution in [0.1, 0.15) is 47.2 Å². The molecule has 1 aromatic carbocycles. The van der Waals surface area contributed by atoms with Crippen LogP contribution in [0.25, 0.3) is 0 Å². The van der Waals surface area contributed by atoms with Crippen molar-refractivity contribution in [3.8, 4) is 0 Å². The Labute approximate surface area is 117 Å². The van der Waals surface area contributed by atoms with Crippen molar-refractivity contribution in [1.29, 1.82) is 0 Å². The fourth-order valence-electron chi connectivity index (χ4n) is 2.55. The van der Waals surface area contributed by atoms with Gasteiger partial charge in [-0.15, -0.1) is 11.3 Å². The molecule has 0 amide bonds. The third-order valence-corrected chi connectivity index (χ3v) is 5.24. The van der Waals surface area contributed by atoms with E-state index in [1.165, 1.54) is 30.4 Å². The third kappa shape index (κ3) is 2.09. The first-order valence-electron chi connectivity index (χ1n) is 6.34. The number of rotatable bonds is 3. The van der Waals surface area contributed by atoms with Crippen LogP contribution in [0.3, 0.4) is 0 Å². The first-order chi connectivity index (χ1) is 8.77. The van der Waals surface area contributed by atoms with Gasteiger partial charge in [0.25, 0.3) is 0 Å². The molecule has 0 radical (unpaired) electrons. The van der Waals surface area contributed by atoms with Gasteiger partial charge in [0.1, 0.15) is 0 Å². The number of hydrogen-bond donors (Lipinski definition) is 1. The van der Waals surface area contributed by atoms with Crippen molar-refractivity contribution in [2.45, 2.75) is 31.2 Å². The van der Waals surface area contributed by atoms with Gasteiger partial charge in [-0.25, -0.2) is 0 Å². The molecular formula is C15H16ClNS. The second-order valence-electron chi connectivity index (χ2n) is 4.87. The standard InChI is InChI=1S/C15H16ClNS/c16-13-8-9-18-15(13)14(17)12-7-2-1-6-11(12)10-4-3-5-10/h1-2,6-10,14H,3-5,17H2. The normalized spacial score (nSPS) is 17.4. The average molecular weight is 278 g/mol. The van der Waals surface area contributed by atoms with Gasteiger partial charge in [0.15, 0.2) is 0 Å². The van der Waals surface area contributed by atoms with Crippen molar-refractivity contribution < 1.29 is 0 Å². The Kier molecular flexibility index (Phi) is 3.42. The van der Waals surface area contributed by atoms with E-state index in [0.29, 0.717) is 5.92 Å². The minimum Gasteiger partial charge on any atom is -0.320 e. The fraction of sp³-hybridized carbons (Fsp3) is 0.333. The van der Waals surface area contributed by atoms with Crippen molar-refractivity contribution in [3.63, 3.8) is 0 Å². The third-order valence-electron chi connectivity index (χ3n) is 3.80. The molecule has 3 heteroatoms. The minimum absolute atomic E-state index is 0.0886. The molecule has 3 rings (SSSR count). The van der Waals surface area contributed by atoms with E-state index in [0.717, 1.165) is 9.90 Å². The van der Waals surface area contributed by atoms with Gasteiger partial charge in [-0.2, -0.15) is 0 Å². The zero-order chi connectivity index (χ0) is 12.5. The molecule has 1 atom stereocenters. The number of halogens is 1. The molecular weight excluding hydrogens is 262 g/mol. The van der Waals surface area contributed by atoms with Crippen molar-refractivity contribution in [2.75, 3.05) is 0 Å². The summed E-state index contributed by atoms with van der Waals surface area (Å²) in [5.74, 6) is 0.700. The van der Waals surface area contributed by atoms with Gasteiger partial charge in [-0.1, -0.05) is 42.3 Å². The summed E-state index contributed by atoms with van der Waals surface area (Å²) in [6.45, 7) is 0. The summed E-state index contributed by atoms with van der Waals surface area (Å²) in [7, 11) is 0. The molecule has 1 fully saturated rings. The van der Waals surface area contributed by atoms with E-state index >= 15 is 0 Å². The quantitative estimate of drug-likeness (QED) is 0.863. The minimum atomic E-state index is -0.0886. The Hall–Kier alpha value is -0.830. The van der Waals surface area contributed by atoms with Crippen LogP contribution in [0.5, 0.6) is 0 Å². The van der Waals surface area contributed by atoms with E-state index < -0.39 is 0 Å². The second-order valence-corrected chi connectivity index (χ2v) is 6.22. The average Bonchev–Trinajstić information content (AvgIpc) is 2.73. The summed E-state index contributed by atoms with van der Waals surface area (Å²) in [5.41, 5.74) is 9.06. The molecule has 2 aromatic rings. The van der Waals surface area contributed by atoms with E-state index in [4.69, 9.17) is 17.3 Å². The first kappa shape index (κ1) is 12.2. The molecule has 94 valence electrons. The Morgan fingerprint density at radius 2 is 2.00 bits per heavy atom. The number of hydrogen-bond acceptors (Lipinski definition) is 2. The Morgan fingerprint density at radius 1 is 1.22 bits per heavy atom. The molecule has 18 heavy (non-hydrogen) atoms. The predicted octanol–water partition coefficient (Wildman–Crippen LogP) is 4.72. The maximum atomic E-state index is 6.40. The van der Waals surface area contributed by atoms with Crippen LogP contribution in [0.2, 0.25) is 5.02 Å². The molecule has 1 aliphatic rings. The lowest BCUT2D eigenvalue weighted by atomic mass is 9.77. The first-order valence-corrected chi connectivity index (χ1v) is 7.60. The fourth-order valence-corrected chi connectivity index (χ4v) is 3.75. The highest BCUT2D eigenvalue weighted by Gasteiger charge is 2.25. The lowest BCUT2D eigenvalue weighted by Crippen LogP contribution is -2.17. The highest BCUT2D eigenvalue weighted by Crippen LogP contribution is 2.41.